The van der Waals surface area contributed by atoms with Crippen molar-refractivity contribution in [3.05, 3.63) is 11.8 Å². The van der Waals surface area contributed by atoms with Crippen LogP contribution < -0.4 is 15.5 Å². The largest absolute Gasteiger partial charge is 0.433 e. The SMILES string of the molecule is COCCNC(=S)Nc1nc(N2CCCC[C@H]2C)cc(C(F)(F)F)n1. The van der Waals surface area contributed by atoms with E-state index >= 15 is 0 Å². The quantitative estimate of drug-likeness (QED) is 0.604. The van der Waals surface area contributed by atoms with Crippen molar-refractivity contribution in [3.63, 3.8) is 0 Å². The molecule has 1 saturated heterocycles. The Kier molecular flexibility index (Phi) is 6.77. The molecule has 25 heavy (non-hydrogen) atoms. The number of thiocarbonyl (C=S) groups is 1. The van der Waals surface area contributed by atoms with Gasteiger partial charge in [-0.1, -0.05) is 0 Å². The molecule has 1 aromatic rings. The first-order valence-electron chi connectivity index (χ1n) is 8.08. The van der Waals surface area contributed by atoms with E-state index in [0.717, 1.165) is 25.3 Å². The van der Waals surface area contributed by atoms with Crippen LogP contribution in [0.2, 0.25) is 0 Å². The molecule has 10 heteroatoms. The van der Waals surface area contributed by atoms with E-state index in [-0.39, 0.29) is 22.9 Å². The topological polar surface area (TPSA) is 62.3 Å². The van der Waals surface area contributed by atoms with E-state index in [1.54, 1.807) is 7.11 Å². The number of nitrogens with one attached hydrogen (secondary N) is 2. The second-order valence-electron chi connectivity index (χ2n) is 5.84. The zero-order valence-electron chi connectivity index (χ0n) is 14.2. The molecule has 2 N–H and O–H groups in total. The van der Waals surface area contributed by atoms with Crippen LogP contribution in [-0.4, -0.2) is 47.9 Å². The van der Waals surface area contributed by atoms with Crippen molar-refractivity contribution in [2.24, 2.45) is 0 Å². The Morgan fingerprint density at radius 2 is 2.16 bits per heavy atom. The van der Waals surface area contributed by atoms with Crippen LogP contribution in [0.5, 0.6) is 0 Å². The van der Waals surface area contributed by atoms with E-state index < -0.39 is 11.9 Å². The molecule has 1 aromatic heterocycles. The molecule has 140 valence electrons. The molecule has 0 unspecified atom stereocenters. The van der Waals surface area contributed by atoms with Crippen LogP contribution in [0.3, 0.4) is 0 Å². The van der Waals surface area contributed by atoms with Gasteiger partial charge in [0.2, 0.25) is 5.95 Å². The maximum atomic E-state index is 13.2. The summed E-state index contributed by atoms with van der Waals surface area (Å²) < 4.78 is 44.5. The first-order chi connectivity index (χ1) is 11.8. The second-order valence-corrected chi connectivity index (χ2v) is 6.25. The van der Waals surface area contributed by atoms with Gasteiger partial charge in [0.1, 0.15) is 5.82 Å². The molecule has 6 nitrogen and oxygen atoms in total. The molecule has 0 aliphatic carbocycles. The van der Waals surface area contributed by atoms with Crippen molar-refractivity contribution in [1.29, 1.82) is 0 Å². The smallest absolute Gasteiger partial charge is 0.383 e. The third kappa shape index (κ3) is 5.67. The number of piperidine rings is 1. The summed E-state index contributed by atoms with van der Waals surface area (Å²) in [6.07, 6.45) is -1.65. The number of rotatable bonds is 5. The zero-order valence-corrected chi connectivity index (χ0v) is 15.0. The number of hydrogen-bond donors (Lipinski definition) is 2. The summed E-state index contributed by atoms with van der Waals surface area (Å²) in [6, 6.07) is 1.12. The monoisotopic (exact) mass is 377 g/mol. The number of alkyl halides is 3. The second kappa shape index (κ2) is 8.61. The van der Waals surface area contributed by atoms with E-state index in [2.05, 4.69) is 20.6 Å². The lowest BCUT2D eigenvalue weighted by atomic mass is 10.0. The lowest BCUT2D eigenvalue weighted by Crippen LogP contribution is -2.38. The average Bonchev–Trinajstić information content (AvgIpc) is 2.54. The molecule has 0 bridgehead atoms. The molecule has 1 aliphatic heterocycles. The lowest BCUT2D eigenvalue weighted by Gasteiger charge is -2.34. The van der Waals surface area contributed by atoms with Gasteiger partial charge in [0.05, 0.1) is 6.61 Å². The van der Waals surface area contributed by atoms with E-state index in [4.69, 9.17) is 17.0 Å². The molecule has 1 aliphatic rings. The summed E-state index contributed by atoms with van der Waals surface area (Å²) in [7, 11) is 1.54. The van der Waals surface area contributed by atoms with Gasteiger partial charge in [0.15, 0.2) is 10.8 Å². The van der Waals surface area contributed by atoms with Gasteiger partial charge in [-0.3, -0.25) is 0 Å². The van der Waals surface area contributed by atoms with E-state index in [1.807, 2.05) is 11.8 Å². The molecule has 0 saturated carbocycles. The number of nitrogens with zero attached hydrogens (tertiary/aromatic N) is 3. The highest BCUT2D eigenvalue weighted by atomic mass is 32.1. The third-order valence-electron chi connectivity index (χ3n) is 3.92. The number of methoxy groups -OCH3 is 1. The summed E-state index contributed by atoms with van der Waals surface area (Å²) in [5.41, 5.74) is -0.988. The van der Waals surface area contributed by atoms with Crippen molar-refractivity contribution in [3.8, 4) is 0 Å². The van der Waals surface area contributed by atoms with Crippen molar-refractivity contribution < 1.29 is 17.9 Å². The Labute approximate surface area is 150 Å². The maximum Gasteiger partial charge on any atom is 0.433 e. The summed E-state index contributed by atoms with van der Waals surface area (Å²) in [4.78, 5) is 9.68. The molecule has 1 fully saturated rings. The minimum Gasteiger partial charge on any atom is -0.383 e. The van der Waals surface area contributed by atoms with Crippen LogP contribution >= 0.6 is 12.2 Å². The van der Waals surface area contributed by atoms with Crippen LogP contribution in [0.25, 0.3) is 0 Å². The van der Waals surface area contributed by atoms with Crippen molar-refractivity contribution in [1.82, 2.24) is 15.3 Å². The van der Waals surface area contributed by atoms with Crippen molar-refractivity contribution in [2.45, 2.75) is 38.4 Å². The third-order valence-corrected chi connectivity index (χ3v) is 4.16. The van der Waals surface area contributed by atoms with Crippen molar-refractivity contribution in [2.75, 3.05) is 37.0 Å². The summed E-state index contributed by atoms with van der Waals surface area (Å²) in [5.74, 6) is 0.0919. The Bertz CT molecular complexity index is 599. The summed E-state index contributed by atoms with van der Waals surface area (Å²) >= 11 is 5.06. The standard InChI is InChI=1S/C15H22F3N5OS/c1-10-5-3-4-7-23(10)12-9-11(15(16,17)18)20-13(21-12)22-14(25)19-6-8-24-2/h9-10H,3-8H2,1-2H3,(H2,19,20,21,22,25)/t10-/m1/s1. The highest BCUT2D eigenvalue weighted by molar-refractivity contribution is 7.80. The summed E-state index contributed by atoms with van der Waals surface area (Å²) in [5, 5.41) is 5.59. The molecule has 2 rings (SSSR count). The van der Waals surface area contributed by atoms with Crippen LogP contribution in [0.15, 0.2) is 6.07 Å². The van der Waals surface area contributed by atoms with Gasteiger partial charge < -0.3 is 20.3 Å². The lowest BCUT2D eigenvalue weighted by molar-refractivity contribution is -0.141. The molecule has 0 spiro atoms. The highest BCUT2D eigenvalue weighted by Gasteiger charge is 2.35. The maximum absolute atomic E-state index is 13.2. The van der Waals surface area contributed by atoms with E-state index in [1.165, 1.54) is 0 Å². The molecule has 0 radical (unpaired) electrons. The van der Waals surface area contributed by atoms with Crippen LogP contribution in [-0.2, 0) is 10.9 Å². The molecule has 0 aromatic carbocycles. The molecule has 2 heterocycles. The van der Waals surface area contributed by atoms with Crippen LogP contribution in [0, 0.1) is 0 Å². The molecule has 1 atom stereocenters. The molecular weight excluding hydrogens is 355 g/mol. The van der Waals surface area contributed by atoms with E-state index in [0.29, 0.717) is 19.7 Å². The zero-order chi connectivity index (χ0) is 18.4. The van der Waals surface area contributed by atoms with Gasteiger partial charge in [0.25, 0.3) is 0 Å². The first kappa shape index (κ1) is 19.6. The number of hydrogen-bond acceptors (Lipinski definition) is 5. The molecule has 0 amide bonds. The van der Waals surface area contributed by atoms with Gasteiger partial charge >= 0.3 is 6.18 Å². The fourth-order valence-electron chi connectivity index (χ4n) is 2.63. The molecular formula is C15H22F3N5OS. The van der Waals surface area contributed by atoms with Gasteiger partial charge in [-0.2, -0.15) is 18.2 Å². The Balaban J connectivity index is 2.23. The fourth-order valence-corrected chi connectivity index (χ4v) is 2.83. The van der Waals surface area contributed by atoms with Gasteiger partial charge in [-0.05, 0) is 38.4 Å². The predicted molar refractivity (Wildman–Crippen MR) is 93.8 cm³/mol. The number of anilines is 2. The number of aromatic nitrogens is 2. The first-order valence-corrected chi connectivity index (χ1v) is 8.49. The highest BCUT2D eigenvalue weighted by Crippen LogP contribution is 2.32. The average molecular weight is 377 g/mol. The van der Waals surface area contributed by atoms with Crippen LogP contribution in [0.1, 0.15) is 31.9 Å². The van der Waals surface area contributed by atoms with Gasteiger partial charge in [-0.15, -0.1) is 0 Å². The van der Waals surface area contributed by atoms with Gasteiger partial charge in [-0.25, -0.2) is 4.98 Å². The Hall–Kier alpha value is -1.68. The normalized spacial score (nSPS) is 18.1. The number of halogens is 3. The summed E-state index contributed by atoms with van der Waals surface area (Å²) in [6.45, 7) is 3.50. The Morgan fingerprint density at radius 1 is 1.40 bits per heavy atom. The number of ether oxygens (including phenoxy) is 1. The predicted octanol–water partition coefficient (Wildman–Crippen LogP) is 2.81. The minimum atomic E-state index is -4.56. The van der Waals surface area contributed by atoms with Gasteiger partial charge in [0, 0.05) is 32.3 Å². The van der Waals surface area contributed by atoms with Crippen molar-refractivity contribution >= 4 is 29.1 Å². The minimum absolute atomic E-state index is 0.129. The van der Waals surface area contributed by atoms with Crippen LogP contribution in [0.4, 0.5) is 24.9 Å². The van der Waals surface area contributed by atoms with E-state index in [9.17, 15) is 13.2 Å². The fraction of sp³-hybridized carbons (Fsp3) is 0.667. The Morgan fingerprint density at radius 3 is 2.80 bits per heavy atom.